The molecule has 0 saturated heterocycles. The minimum absolute atomic E-state index is 0.0369. The molecule has 2 aromatic carbocycles. The number of ether oxygens (including phenoxy) is 2. The third-order valence-electron chi connectivity index (χ3n) is 4.13. The fourth-order valence-corrected chi connectivity index (χ4v) is 2.83. The predicted octanol–water partition coefficient (Wildman–Crippen LogP) is 5.30. The molecule has 0 radical (unpaired) electrons. The Morgan fingerprint density at radius 2 is 1.66 bits per heavy atom. The number of aromatic hydroxyl groups is 1. The fourth-order valence-electron chi connectivity index (χ4n) is 2.83. The summed E-state index contributed by atoms with van der Waals surface area (Å²) in [6.07, 6.45) is 2.12. The Bertz CT molecular complexity index is 718. The summed E-state index contributed by atoms with van der Waals surface area (Å²) in [7, 11) is 0. The number of rotatable bonds is 10. The zero-order valence-corrected chi connectivity index (χ0v) is 18.4. The maximum absolute atomic E-state index is 11.9. The van der Waals surface area contributed by atoms with Crippen LogP contribution in [0.4, 0.5) is 0 Å². The molecule has 0 saturated carbocycles. The topological polar surface area (TPSA) is 67.8 Å². The number of nitrogens with one attached hydrogen (secondary N) is 1. The first kappa shape index (κ1) is 24.5. The molecule has 0 spiro atoms. The molecule has 29 heavy (non-hydrogen) atoms. The molecular formula is C24H35NO4. The van der Waals surface area contributed by atoms with Crippen LogP contribution in [0.1, 0.15) is 50.3 Å². The maximum atomic E-state index is 11.9. The average Bonchev–Trinajstić information content (AvgIpc) is 2.72. The quantitative estimate of drug-likeness (QED) is 0.530. The molecule has 0 aliphatic heterocycles. The van der Waals surface area contributed by atoms with E-state index in [-0.39, 0.29) is 11.7 Å². The average molecular weight is 402 g/mol. The molecule has 0 heterocycles. The molecule has 160 valence electrons. The van der Waals surface area contributed by atoms with Gasteiger partial charge in [-0.15, -0.1) is 0 Å². The Hall–Kier alpha value is -2.53. The van der Waals surface area contributed by atoms with Crippen LogP contribution < -0.4 is 10.1 Å². The number of phenols is 1. The number of carbonyl (C=O) groups is 1. The highest BCUT2D eigenvalue weighted by atomic mass is 16.5. The van der Waals surface area contributed by atoms with Gasteiger partial charge in [0.1, 0.15) is 17.2 Å². The monoisotopic (exact) mass is 401 g/mol. The summed E-state index contributed by atoms with van der Waals surface area (Å²) in [6.45, 7) is 11.9. The van der Waals surface area contributed by atoms with Gasteiger partial charge < -0.3 is 19.9 Å². The summed E-state index contributed by atoms with van der Waals surface area (Å²) in [5.41, 5.74) is 3.15. The molecule has 5 nitrogen and oxygen atoms in total. The van der Waals surface area contributed by atoms with E-state index in [1.807, 2.05) is 27.7 Å². The SMILES string of the molecule is CC.CCCOCCNC(=O)CCc1cc(C)c(Oc2ccc(O)cc2)c(C)c1. The summed E-state index contributed by atoms with van der Waals surface area (Å²) in [4.78, 5) is 11.9. The van der Waals surface area contributed by atoms with Gasteiger partial charge in [0.25, 0.3) is 0 Å². The van der Waals surface area contributed by atoms with Crippen molar-refractivity contribution in [2.45, 2.75) is 53.9 Å². The van der Waals surface area contributed by atoms with E-state index in [4.69, 9.17) is 9.47 Å². The standard InChI is InChI=1S/C22H29NO4.C2H6/c1-4-12-26-13-11-23-21(25)10-5-18-14-16(2)22(17(3)15-18)27-20-8-6-19(24)7-9-20;1-2/h6-9,14-15,24H,4-5,10-13H2,1-3H3,(H,23,25);1-2H3. The van der Waals surface area contributed by atoms with Crippen LogP contribution in [-0.2, 0) is 16.0 Å². The lowest BCUT2D eigenvalue weighted by Gasteiger charge is -2.14. The van der Waals surface area contributed by atoms with Crippen LogP contribution >= 0.6 is 0 Å². The largest absolute Gasteiger partial charge is 0.508 e. The first-order valence-electron chi connectivity index (χ1n) is 10.4. The van der Waals surface area contributed by atoms with Crippen molar-refractivity contribution in [3.63, 3.8) is 0 Å². The number of aryl methyl sites for hydroxylation is 3. The second-order valence-corrected chi connectivity index (χ2v) is 6.62. The van der Waals surface area contributed by atoms with Gasteiger partial charge in [0, 0.05) is 19.6 Å². The molecule has 0 fully saturated rings. The molecule has 0 aromatic heterocycles. The third kappa shape index (κ3) is 9.01. The van der Waals surface area contributed by atoms with Crippen LogP contribution in [-0.4, -0.2) is 30.8 Å². The van der Waals surface area contributed by atoms with Crippen molar-refractivity contribution in [3.8, 4) is 17.2 Å². The number of benzene rings is 2. The van der Waals surface area contributed by atoms with Gasteiger partial charge in [-0.25, -0.2) is 0 Å². The number of hydrogen-bond acceptors (Lipinski definition) is 4. The van der Waals surface area contributed by atoms with Crippen LogP contribution in [0.2, 0.25) is 0 Å². The van der Waals surface area contributed by atoms with Crippen molar-refractivity contribution in [1.29, 1.82) is 0 Å². The molecule has 2 aromatic rings. The Labute approximate surface area is 175 Å². The first-order chi connectivity index (χ1) is 14.0. The molecule has 0 atom stereocenters. The van der Waals surface area contributed by atoms with Crippen molar-refractivity contribution in [2.24, 2.45) is 0 Å². The van der Waals surface area contributed by atoms with E-state index < -0.39 is 0 Å². The highest BCUT2D eigenvalue weighted by Crippen LogP contribution is 2.31. The van der Waals surface area contributed by atoms with Crippen LogP contribution in [0, 0.1) is 13.8 Å². The van der Waals surface area contributed by atoms with Crippen molar-refractivity contribution < 1.29 is 19.4 Å². The summed E-state index contributed by atoms with van der Waals surface area (Å²) < 4.78 is 11.3. The van der Waals surface area contributed by atoms with E-state index in [1.54, 1.807) is 24.3 Å². The van der Waals surface area contributed by atoms with Gasteiger partial charge in [-0.1, -0.05) is 32.9 Å². The number of amides is 1. The Morgan fingerprint density at radius 1 is 1.03 bits per heavy atom. The maximum Gasteiger partial charge on any atom is 0.220 e. The third-order valence-corrected chi connectivity index (χ3v) is 4.13. The van der Waals surface area contributed by atoms with Gasteiger partial charge in [0.2, 0.25) is 5.91 Å². The molecule has 2 N–H and O–H groups in total. The number of phenolic OH excluding ortho intramolecular Hbond substituents is 1. The summed E-state index contributed by atoms with van der Waals surface area (Å²) in [5, 5.41) is 12.2. The van der Waals surface area contributed by atoms with Gasteiger partial charge in [0.15, 0.2) is 0 Å². The second kappa shape index (κ2) is 13.6. The molecular weight excluding hydrogens is 366 g/mol. The first-order valence-corrected chi connectivity index (χ1v) is 10.4. The lowest BCUT2D eigenvalue weighted by atomic mass is 10.0. The van der Waals surface area contributed by atoms with Crippen molar-refractivity contribution in [3.05, 3.63) is 53.1 Å². The van der Waals surface area contributed by atoms with Crippen LogP contribution in [0.5, 0.6) is 17.2 Å². The molecule has 0 aliphatic carbocycles. The highest BCUT2D eigenvalue weighted by Gasteiger charge is 2.09. The second-order valence-electron chi connectivity index (χ2n) is 6.62. The predicted molar refractivity (Wildman–Crippen MR) is 118 cm³/mol. The molecule has 1 amide bonds. The van der Waals surface area contributed by atoms with Crippen molar-refractivity contribution in [2.75, 3.05) is 19.8 Å². The van der Waals surface area contributed by atoms with E-state index in [0.717, 1.165) is 35.5 Å². The van der Waals surface area contributed by atoms with E-state index in [9.17, 15) is 9.90 Å². The van der Waals surface area contributed by atoms with E-state index in [1.165, 1.54) is 0 Å². The van der Waals surface area contributed by atoms with Gasteiger partial charge in [-0.05, 0) is 67.6 Å². The Morgan fingerprint density at radius 3 is 2.24 bits per heavy atom. The molecule has 0 unspecified atom stereocenters. The van der Waals surface area contributed by atoms with Gasteiger partial charge in [-0.3, -0.25) is 4.79 Å². The summed E-state index contributed by atoms with van der Waals surface area (Å²) in [5.74, 6) is 1.73. The lowest BCUT2D eigenvalue weighted by Crippen LogP contribution is -2.27. The van der Waals surface area contributed by atoms with Gasteiger partial charge >= 0.3 is 0 Å². The summed E-state index contributed by atoms with van der Waals surface area (Å²) in [6, 6.07) is 10.8. The Kier molecular flexibility index (Phi) is 11.5. The molecule has 0 bridgehead atoms. The summed E-state index contributed by atoms with van der Waals surface area (Å²) >= 11 is 0. The van der Waals surface area contributed by atoms with Crippen LogP contribution in [0.25, 0.3) is 0 Å². The van der Waals surface area contributed by atoms with E-state index >= 15 is 0 Å². The normalized spacial score (nSPS) is 10.1. The zero-order chi connectivity index (χ0) is 21.6. The lowest BCUT2D eigenvalue weighted by molar-refractivity contribution is -0.121. The van der Waals surface area contributed by atoms with Crippen LogP contribution in [0.15, 0.2) is 36.4 Å². The zero-order valence-electron chi connectivity index (χ0n) is 18.4. The highest BCUT2D eigenvalue weighted by molar-refractivity contribution is 5.76. The molecule has 0 aliphatic rings. The van der Waals surface area contributed by atoms with Crippen LogP contribution in [0.3, 0.4) is 0 Å². The molecule has 2 rings (SSSR count). The van der Waals surface area contributed by atoms with Crippen molar-refractivity contribution >= 4 is 5.91 Å². The fraction of sp³-hybridized carbons (Fsp3) is 0.458. The number of carbonyl (C=O) groups excluding carboxylic acids is 1. The molecule has 5 heteroatoms. The smallest absolute Gasteiger partial charge is 0.220 e. The van der Waals surface area contributed by atoms with E-state index in [2.05, 4.69) is 24.4 Å². The van der Waals surface area contributed by atoms with Crippen molar-refractivity contribution in [1.82, 2.24) is 5.32 Å². The van der Waals surface area contributed by atoms with Gasteiger partial charge in [0.05, 0.1) is 6.61 Å². The Balaban J connectivity index is 0.00000204. The van der Waals surface area contributed by atoms with E-state index in [0.29, 0.717) is 31.7 Å². The number of hydrogen-bond donors (Lipinski definition) is 2. The van der Waals surface area contributed by atoms with Gasteiger partial charge in [-0.2, -0.15) is 0 Å². The minimum Gasteiger partial charge on any atom is -0.508 e. The minimum atomic E-state index is 0.0369.